The minimum Gasteiger partial charge on any atom is -0.481 e. The number of rotatable bonds is 2. The van der Waals surface area contributed by atoms with Gasteiger partial charge in [0.2, 0.25) is 0 Å². The highest BCUT2D eigenvalue weighted by atomic mass is 16.4. The summed E-state index contributed by atoms with van der Waals surface area (Å²) < 4.78 is 0. The van der Waals surface area contributed by atoms with Crippen LogP contribution in [0.2, 0.25) is 0 Å². The topological polar surface area (TPSA) is 49.3 Å². The molecule has 0 aromatic carbocycles. The molecule has 0 aromatic rings. The lowest BCUT2D eigenvalue weighted by atomic mass is 9.78. The van der Waals surface area contributed by atoms with E-state index in [0.29, 0.717) is 5.92 Å². The van der Waals surface area contributed by atoms with Crippen LogP contribution in [-0.2, 0) is 4.79 Å². The van der Waals surface area contributed by atoms with Crippen LogP contribution in [0.1, 0.15) is 20.3 Å². The van der Waals surface area contributed by atoms with Gasteiger partial charge < -0.3 is 10.4 Å². The van der Waals surface area contributed by atoms with Gasteiger partial charge in [0.05, 0.1) is 5.41 Å². The predicted octanol–water partition coefficient (Wildman–Crippen LogP) is 0.707. The van der Waals surface area contributed by atoms with Gasteiger partial charge in [-0.1, -0.05) is 0 Å². The zero-order valence-corrected chi connectivity index (χ0v) is 7.05. The van der Waals surface area contributed by atoms with Gasteiger partial charge in [-0.2, -0.15) is 0 Å². The normalized spacial score (nSPS) is 25.5. The van der Waals surface area contributed by atoms with Crippen LogP contribution in [0.3, 0.4) is 0 Å². The van der Waals surface area contributed by atoms with Crippen molar-refractivity contribution < 1.29 is 9.90 Å². The smallest absolute Gasteiger partial charge is 0.309 e. The molecule has 0 radical (unpaired) electrons. The van der Waals surface area contributed by atoms with E-state index in [4.69, 9.17) is 5.11 Å². The highest BCUT2D eigenvalue weighted by Gasteiger charge is 2.37. The molecule has 1 fully saturated rings. The highest BCUT2D eigenvalue weighted by Crippen LogP contribution is 2.31. The number of hydrogen-bond donors (Lipinski definition) is 2. The molecule has 1 atom stereocenters. The van der Waals surface area contributed by atoms with Gasteiger partial charge >= 0.3 is 5.97 Å². The van der Waals surface area contributed by atoms with E-state index in [1.54, 1.807) is 13.8 Å². The summed E-state index contributed by atoms with van der Waals surface area (Å²) in [5.74, 6) is -0.397. The summed E-state index contributed by atoms with van der Waals surface area (Å²) in [6, 6.07) is 0. The number of aliphatic carboxylic acids is 1. The monoisotopic (exact) mass is 157 g/mol. The fraction of sp³-hybridized carbons (Fsp3) is 0.875. The Morgan fingerprint density at radius 1 is 1.64 bits per heavy atom. The van der Waals surface area contributed by atoms with Crippen LogP contribution in [0.5, 0.6) is 0 Å². The first kappa shape index (κ1) is 8.53. The van der Waals surface area contributed by atoms with Gasteiger partial charge in [0, 0.05) is 0 Å². The van der Waals surface area contributed by atoms with Crippen LogP contribution < -0.4 is 5.32 Å². The summed E-state index contributed by atoms with van der Waals surface area (Å²) in [5, 5.41) is 12.0. The van der Waals surface area contributed by atoms with Gasteiger partial charge in [-0.15, -0.1) is 0 Å². The second kappa shape index (κ2) is 2.81. The van der Waals surface area contributed by atoms with Crippen molar-refractivity contribution in [3.63, 3.8) is 0 Å². The molecule has 11 heavy (non-hydrogen) atoms. The van der Waals surface area contributed by atoms with E-state index in [0.717, 1.165) is 19.5 Å². The molecular weight excluding hydrogens is 142 g/mol. The number of hydrogen-bond acceptors (Lipinski definition) is 2. The Morgan fingerprint density at radius 2 is 2.27 bits per heavy atom. The minimum absolute atomic E-state index is 0.292. The first-order valence-corrected chi connectivity index (χ1v) is 3.99. The Hall–Kier alpha value is -0.570. The van der Waals surface area contributed by atoms with E-state index >= 15 is 0 Å². The molecule has 1 aliphatic heterocycles. The SMILES string of the molecule is CC(C)(C(=O)O)[C@H]1CCNC1. The third kappa shape index (κ3) is 1.53. The average molecular weight is 157 g/mol. The van der Waals surface area contributed by atoms with Gasteiger partial charge in [0.25, 0.3) is 0 Å². The molecule has 1 aliphatic rings. The lowest BCUT2D eigenvalue weighted by molar-refractivity contribution is -0.149. The fourth-order valence-corrected chi connectivity index (χ4v) is 1.45. The van der Waals surface area contributed by atoms with Crippen molar-refractivity contribution in [2.45, 2.75) is 20.3 Å². The van der Waals surface area contributed by atoms with Crippen LogP contribution in [0.4, 0.5) is 0 Å². The van der Waals surface area contributed by atoms with Crippen molar-refractivity contribution in [2.24, 2.45) is 11.3 Å². The van der Waals surface area contributed by atoms with Crippen LogP contribution in [0, 0.1) is 11.3 Å². The molecule has 3 heteroatoms. The third-order valence-corrected chi connectivity index (χ3v) is 2.63. The van der Waals surface area contributed by atoms with E-state index in [-0.39, 0.29) is 0 Å². The lowest BCUT2D eigenvalue weighted by Crippen LogP contribution is -2.34. The van der Waals surface area contributed by atoms with Crippen molar-refractivity contribution in [2.75, 3.05) is 13.1 Å². The maximum absolute atomic E-state index is 10.8. The van der Waals surface area contributed by atoms with Crippen molar-refractivity contribution >= 4 is 5.97 Å². The van der Waals surface area contributed by atoms with Gasteiger partial charge in [-0.05, 0) is 39.3 Å². The van der Waals surface area contributed by atoms with Crippen LogP contribution in [0.15, 0.2) is 0 Å². The summed E-state index contributed by atoms with van der Waals surface area (Å²) in [4.78, 5) is 10.8. The maximum Gasteiger partial charge on any atom is 0.309 e. The molecule has 0 bridgehead atoms. The van der Waals surface area contributed by atoms with Crippen molar-refractivity contribution in [1.82, 2.24) is 5.32 Å². The van der Waals surface area contributed by atoms with Gasteiger partial charge in [-0.3, -0.25) is 4.79 Å². The molecule has 0 unspecified atom stereocenters. The molecule has 1 heterocycles. The predicted molar refractivity (Wildman–Crippen MR) is 42.4 cm³/mol. The second-order valence-electron chi connectivity index (χ2n) is 3.72. The summed E-state index contributed by atoms with van der Waals surface area (Å²) in [6.07, 6.45) is 0.985. The lowest BCUT2D eigenvalue weighted by Gasteiger charge is -2.25. The molecule has 0 aliphatic carbocycles. The van der Waals surface area contributed by atoms with E-state index < -0.39 is 11.4 Å². The summed E-state index contributed by atoms with van der Waals surface area (Å²) >= 11 is 0. The standard InChI is InChI=1S/C8H15NO2/c1-8(2,7(10)11)6-3-4-9-5-6/h6,9H,3-5H2,1-2H3,(H,10,11)/t6-/m0/s1. The minimum atomic E-state index is -0.689. The molecule has 3 nitrogen and oxygen atoms in total. The van der Waals surface area contributed by atoms with Crippen LogP contribution in [0.25, 0.3) is 0 Å². The largest absolute Gasteiger partial charge is 0.481 e. The molecule has 64 valence electrons. The van der Waals surface area contributed by atoms with E-state index in [9.17, 15) is 4.79 Å². The average Bonchev–Trinajstić information content (AvgIpc) is 2.37. The second-order valence-corrected chi connectivity index (χ2v) is 3.72. The molecule has 1 saturated heterocycles. The van der Waals surface area contributed by atoms with E-state index in [2.05, 4.69) is 5.32 Å². The molecule has 0 saturated carbocycles. The molecule has 1 rings (SSSR count). The van der Waals surface area contributed by atoms with Crippen molar-refractivity contribution in [3.8, 4) is 0 Å². The number of carboxylic acids is 1. The zero-order valence-electron chi connectivity index (χ0n) is 7.05. The van der Waals surface area contributed by atoms with Gasteiger partial charge in [0.15, 0.2) is 0 Å². The van der Waals surface area contributed by atoms with Crippen molar-refractivity contribution in [3.05, 3.63) is 0 Å². The first-order valence-electron chi connectivity index (χ1n) is 3.99. The van der Waals surface area contributed by atoms with Crippen LogP contribution >= 0.6 is 0 Å². The Labute approximate surface area is 66.8 Å². The van der Waals surface area contributed by atoms with Gasteiger partial charge in [0.1, 0.15) is 0 Å². The Kier molecular flexibility index (Phi) is 2.18. The third-order valence-electron chi connectivity index (χ3n) is 2.63. The Balaban J connectivity index is 2.62. The summed E-state index contributed by atoms with van der Waals surface area (Å²) in [6.45, 7) is 5.40. The number of carboxylic acid groups (broad SMARTS) is 1. The fourth-order valence-electron chi connectivity index (χ4n) is 1.45. The van der Waals surface area contributed by atoms with E-state index in [1.807, 2.05) is 0 Å². The molecule has 0 aromatic heterocycles. The van der Waals surface area contributed by atoms with Crippen LogP contribution in [-0.4, -0.2) is 24.2 Å². The molecule has 0 spiro atoms. The zero-order chi connectivity index (χ0) is 8.48. The van der Waals surface area contributed by atoms with E-state index in [1.165, 1.54) is 0 Å². The maximum atomic E-state index is 10.8. The molecule has 0 amide bonds. The number of carbonyl (C=O) groups is 1. The molecular formula is C8H15NO2. The van der Waals surface area contributed by atoms with Crippen molar-refractivity contribution in [1.29, 1.82) is 0 Å². The quantitative estimate of drug-likeness (QED) is 0.620. The highest BCUT2D eigenvalue weighted by molar-refractivity contribution is 5.74. The first-order chi connectivity index (χ1) is 5.05. The summed E-state index contributed by atoms with van der Waals surface area (Å²) in [7, 11) is 0. The van der Waals surface area contributed by atoms with Gasteiger partial charge in [-0.25, -0.2) is 0 Å². The summed E-state index contributed by atoms with van der Waals surface area (Å²) in [5.41, 5.74) is -0.566. The molecule has 2 N–H and O–H groups in total. The Bertz CT molecular complexity index is 159. The number of nitrogens with one attached hydrogen (secondary N) is 1. The Morgan fingerprint density at radius 3 is 2.64 bits per heavy atom.